The molecule has 0 saturated heterocycles. The lowest BCUT2D eigenvalue weighted by molar-refractivity contribution is -0.116. The lowest BCUT2D eigenvalue weighted by Crippen LogP contribution is -2.32. The zero-order chi connectivity index (χ0) is 18.7. The molecule has 0 atom stereocenters. The number of carbonyl (C=O) groups is 2. The Bertz CT molecular complexity index is 553. The van der Waals surface area contributed by atoms with Gasteiger partial charge in [0, 0.05) is 24.7 Å². The fourth-order valence-electron chi connectivity index (χ4n) is 2.19. The Labute approximate surface area is 150 Å². The van der Waals surface area contributed by atoms with E-state index < -0.39 is 5.60 Å². The van der Waals surface area contributed by atoms with Crippen LogP contribution in [0.4, 0.5) is 10.5 Å². The molecule has 1 aromatic rings. The van der Waals surface area contributed by atoms with Crippen molar-refractivity contribution in [3.63, 3.8) is 0 Å². The highest BCUT2D eigenvalue weighted by Crippen LogP contribution is 2.17. The Balaban J connectivity index is 2.07. The predicted octanol–water partition coefficient (Wildman–Crippen LogP) is 4.11. The van der Waals surface area contributed by atoms with Gasteiger partial charge in [-0.25, -0.2) is 4.79 Å². The van der Waals surface area contributed by atoms with Crippen molar-refractivity contribution in [3.05, 3.63) is 24.3 Å². The molecule has 0 unspecified atom stereocenters. The van der Waals surface area contributed by atoms with Crippen molar-refractivity contribution in [1.82, 2.24) is 5.32 Å². The molecule has 140 valence electrons. The van der Waals surface area contributed by atoms with Crippen molar-refractivity contribution in [2.24, 2.45) is 0 Å². The minimum atomic E-state index is -0.472. The molecular weight excluding hydrogens is 320 g/mol. The maximum atomic E-state index is 11.9. The van der Waals surface area contributed by atoms with Crippen molar-refractivity contribution < 1.29 is 19.1 Å². The number of anilines is 1. The zero-order valence-electron chi connectivity index (χ0n) is 15.7. The highest BCUT2D eigenvalue weighted by molar-refractivity contribution is 5.90. The maximum Gasteiger partial charge on any atom is 0.407 e. The summed E-state index contributed by atoms with van der Waals surface area (Å²) in [6.45, 7) is 6.10. The second-order valence-electron chi connectivity index (χ2n) is 6.87. The molecule has 0 saturated carbocycles. The van der Waals surface area contributed by atoms with Gasteiger partial charge < -0.3 is 20.1 Å². The largest absolute Gasteiger partial charge is 0.497 e. The minimum Gasteiger partial charge on any atom is -0.497 e. The van der Waals surface area contributed by atoms with Gasteiger partial charge in [-0.1, -0.05) is 18.9 Å². The highest BCUT2D eigenvalue weighted by Gasteiger charge is 2.15. The van der Waals surface area contributed by atoms with Gasteiger partial charge in [-0.3, -0.25) is 4.79 Å². The lowest BCUT2D eigenvalue weighted by atomic mass is 10.1. The zero-order valence-corrected chi connectivity index (χ0v) is 15.7. The van der Waals surface area contributed by atoms with Crippen LogP contribution in [0.15, 0.2) is 24.3 Å². The molecule has 0 aromatic heterocycles. The first-order chi connectivity index (χ1) is 11.8. The van der Waals surface area contributed by atoms with Crippen LogP contribution in [-0.4, -0.2) is 31.3 Å². The van der Waals surface area contributed by atoms with E-state index in [1.54, 1.807) is 13.2 Å². The molecule has 6 nitrogen and oxygen atoms in total. The third kappa shape index (κ3) is 10.3. The molecule has 2 amide bonds. The van der Waals surface area contributed by atoms with Crippen molar-refractivity contribution in [2.45, 2.75) is 58.5 Å². The molecule has 1 aromatic carbocycles. The number of rotatable bonds is 9. The standard InChI is InChI=1S/C19H30N2O4/c1-19(2,3)25-18(23)20-13-8-6-5-7-12-17(22)21-15-10-9-11-16(14-15)24-4/h9-11,14H,5-8,12-13H2,1-4H3,(H,20,23)(H,21,22). The molecule has 0 aliphatic heterocycles. The fraction of sp³-hybridized carbons (Fsp3) is 0.579. The second-order valence-corrected chi connectivity index (χ2v) is 6.87. The summed E-state index contributed by atoms with van der Waals surface area (Å²) in [4.78, 5) is 23.4. The van der Waals surface area contributed by atoms with Gasteiger partial charge in [0.05, 0.1) is 7.11 Å². The summed E-state index contributed by atoms with van der Waals surface area (Å²) in [5, 5.41) is 5.59. The number of alkyl carbamates (subject to hydrolysis) is 1. The molecule has 25 heavy (non-hydrogen) atoms. The molecule has 0 heterocycles. The van der Waals surface area contributed by atoms with E-state index in [0.29, 0.717) is 13.0 Å². The molecule has 6 heteroatoms. The Morgan fingerprint density at radius 2 is 1.80 bits per heavy atom. The van der Waals surface area contributed by atoms with Crippen LogP contribution in [0.25, 0.3) is 0 Å². The number of nitrogens with one attached hydrogen (secondary N) is 2. The third-order valence-corrected chi connectivity index (χ3v) is 3.35. The lowest BCUT2D eigenvalue weighted by Gasteiger charge is -2.19. The predicted molar refractivity (Wildman–Crippen MR) is 98.9 cm³/mol. The number of ether oxygens (including phenoxy) is 2. The molecule has 0 radical (unpaired) electrons. The molecule has 1 rings (SSSR count). The quantitative estimate of drug-likeness (QED) is 0.657. The van der Waals surface area contributed by atoms with Crippen LogP contribution < -0.4 is 15.4 Å². The van der Waals surface area contributed by atoms with Crippen LogP contribution in [0.3, 0.4) is 0 Å². The second kappa shape index (κ2) is 10.6. The smallest absolute Gasteiger partial charge is 0.407 e. The summed E-state index contributed by atoms with van der Waals surface area (Å²) in [7, 11) is 1.60. The number of unbranched alkanes of at least 4 members (excludes halogenated alkanes) is 3. The van der Waals surface area contributed by atoms with E-state index in [-0.39, 0.29) is 12.0 Å². The molecule has 0 aliphatic carbocycles. The topological polar surface area (TPSA) is 76.7 Å². The normalized spacial score (nSPS) is 10.9. The fourth-order valence-corrected chi connectivity index (χ4v) is 2.19. The van der Waals surface area contributed by atoms with E-state index in [2.05, 4.69) is 10.6 Å². The van der Waals surface area contributed by atoms with Crippen molar-refractivity contribution >= 4 is 17.7 Å². The van der Waals surface area contributed by atoms with Gasteiger partial charge in [0.15, 0.2) is 0 Å². The van der Waals surface area contributed by atoms with Crippen LogP contribution in [0.1, 0.15) is 52.9 Å². The minimum absolute atomic E-state index is 0.000123. The van der Waals surface area contributed by atoms with E-state index in [9.17, 15) is 9.59 Å². The number of benzene rings is 1. The van der Waals surface area contributed by atoms with Gasteiger partial charge in [-0.05, 0) is 45.7 Å². The Morgan fingerprint density at radius 3 is 2.48 bits per heavy atom. The molecule has 2 N–H and O–H groups in total. The van der Waals surface area contributed by atoms with Gasteiger partial charge in [-0.15, -0.1) is 0 Å². The summed E-state index contributed by atoms with van der Waals surface area (Å²) < 4.78 is 10.3. The molecule has 0 spiro atoms. The summed E-state index contributed by atoms with van der Waals surface area (Å²) >= 11 is 0. The first-order valence-electron chi connectivity index (χ1n) is 8.71. The van der Waals surface area contributed by atoms with E-state index >= 15 is 0 Å². The molecular formula is C19H30N2O4. The highest BCUT2D eigenvalue weighted by atomic mass is 16.6. The van der Waals surface area contributed by atoms with E-state index in [1.165, 1.54) is 0 Å². The van der Waals surface area contributed by atoms with Gasteiger partial charge in [0.1, 0.15) is 11.4 Å². The SMILES string of the molecule is COc1cccc(NC(=O)CCCCCCNC(=O)OC(C)(C)C)c1. The Morgan fingerprint density at radius 1 is 1.08 bits per heavy atom. The number of hydrogen-bond donors (Lipinski definition) is 2. The van der Waals surface area contributed by atoms with E-state index in [0.717, 1.165) is 37.1 Å². The van der Waals surface area contributed by atoms with Gasteiger partial charge >= 0.3 is 6.09 Å². The van der Waals surface area contributed by atoms with Crippen LogP contribution in [0.5, 0.6) is 5.75 Å². The molecule has 0 bridgehead atoms. The van der Waals surface area contributed by atoms with Crippen LogP contribution >= 0.6 is 0 Å². The monoisotopic (exact) mass is 350 g/mol. The van der Waals surface area contributed by atoms with E-state index in [1.807, 2.05) is 39.0 Å². The Hall–Kier alpha value is -2.24. The first-order valence-corrected chi connectivity index (χ1v) is 8.71. The maximum absolute atomic E-state index is 11.9. The third-order valence-electron chi connectivity index (χ3n) is 3.35. The Kier molecular flexibility index (Phi) is 8.81. The van der Waals surface area contributed by atoms with Crippen LogP contribution in [0, 0.1) is 0 Å². The van der Waals surface area contributed by atoms with Crippen molar-refractivity contribution in [1.29, 1.82) is 0 Å². The number of carbonyl (C=O) groups excluding carboxylic acids is 2. The van der Waals surface area contributed by atoms with Crippen molar-refractivity contribution in [2.75, 3.05) is 19.0 Å². The van der Waals surface area contributed by atoms with Gasteiger partial charge in [-0.2, -0.15) is 0 Å². The summed E-state index contributed by atoms with van der Waals surface area (Å²) in [6, 6.07) is 7.30. The van der Waals surface area contributed by atoms with Gasteiger partial charge in [0.2, 0.25) is 5.91 Å². The van der Waals surface area contributed by atoms with Crippen LogP contribution in [-0.2, 0) is 9.53 Å². The van der Waals surface area contributed by atoms with Crippen molar-refractivity contribution in [3.8, 4) is 5.75 Å². The summed E-state index contributed by atoms with van der Waals surface area (Å²) in [5.41, 5.74) is 0.270. The number of amides is 2. The van der Waals surface area contributed by atoms with Crippen LogP contribution in [0.2, 0.25) is 0 Å². The average molecular weight is 350 g/mol. The average Bonchev–Trinajstić information content (AvgIpc) is 2.52. The van der Waals surface area contributed by atoms with Gasteiger partial charge in [0.25, 0.3) is 0 Å². The summed E-state index contributed by atoms with van der Waals surface area (Å²) in [6.07, 6.45) is 3.70. The number of methoxy groups -OCH3 is 1. The first kappa shape index (κ1) is 20.8. The molecule has 0 aliphatic rings. The summed E-state index contributed by atoms with van der Waals surface area (Å²) in [5.74, 6) is 0.718. The molecule has 0 fully saturated rings. The number of hydrogen-bond acceptors (Lipinski definition) is 4. The van der Waals surface area contributed by atoms with E-state index in [4.69, 9.17) is 9.47 Å².